The Morgan fingerprint density at radius 3 is 3.00 bits per heavy atom. The van der Waals surface area contributed by atoms with Crippen LogP contribution in [0.25, 0.3) is 11.3 Å². The summed E-state index contributed by atoms with van der Waals surface area (Å²) < 4.78 is 2.35. The van der Waals surface area contributed by atoms with Crippen molar-refractivity contribution in [3.8, 4) is 11.3 Å². The molecule has 1 aromatic heterocycles. The minimum absolute atomic E-state index is 0.784. The fraction of sp³-hybridized carbons (Fsp3) is 0.357. The largest absolute Gasteiger partial charge is 0.328 e. The van der Waals surface area contributed by atoms with Crippen LogP contribution in [0.15, 0.2) is 30.5 Å². The van der Waals surface area contributed by atoms with Crippen molar-refractivity contribution in [2.45, 2.75) is 32.2 Å². The number of imidazole rings is 1. The Morgan fingerprint density at radius 2 is 2.12 bits per heavy atom. The Hall–Kier alpha value is -1.28. The molecular formula is C14H15ClN2. The van der Waals surface area contributed by atoms with Gasteiger partial charge in [0.2, 0.25) is 0 Å². The van der Waals surface area contributed by atoms with Crippen LogP contribution in [0.4, 0.5) is 0 Å². The average molecular weight is 247 g/mol. The van der Waals surface area contributed by atoms with Gasteiger partial charge in [-0.05, 0) is 25.0 Å². The van der Waals surface area contributed by atoms with Crippen molar-refractivity contribution >= 4 is 11.6 Å². The molecule has 17 heavy (non-hydrogen) atoms. The zero-order chi connectivity index (χ0) is 11.7. The van der Waals surface area contributed by atoms with Gasteiger partial charge in [0.15, 0.2) is 0 Å². The van der Waals surface area contributed by atoms with Crippen molar-refractivity contribution in [1.82, 2.24) is 9.55 Å². The lowest BCUT2D eigenvalue weighted by molar-refractivity contribution is 0.638. The van der Waals surface area contributed by atoms with Gasteiger partial charge in [0, 0.05) is 23.6 Å². The van der Waals surface area contributed by atoms with Gasteiger partial charge in [-0.25, -0.2) is 4.98 Å². The van der Waals surface area contributed by atoms with E-state index >= 15 is 0 Å². The number of fused-ring (bicyclic) bond motifs is 1. The van der Waals surface area contributed by atoms with Crippen molar-refractivity contribution in [2.24, 2.45) is 0 Å². The SMILES string of the molecule is Clc1cccc(-c2cnc3n2CCCCC3)c1. The molecule has 0 N–H and O–H groups in total. The number of hydrogen-bond acceptors (Lipinski definition) is 1. The molecule has 0 radical (unpaired) electrons. The standard InChI is InChI=1S/C14H15ClN2/c15-12-6-4-5-11(9-12)13-10-16-14-7-2-1-3-8-17(13)14/h4-6,9-10H,1-3,7-8H2. The highest BCUT2D eigenvalue weighted by Gasteiger charge is 2.13. The van der Waals surface area contributed by atoms with E-state index in [0.717, 1.165) is 23.6 Å². The van der Waals surface area contributed by atoms with Gasteiger partial charge < -0.3 is 4.57 Å². The molecule has 0 saturated carbocycles. The molecule has 0 saturated heterocycles. The van der Waals surface area contributed by atoms with Gasteiger partial charge in [-0.15, -0.1) is 0 Å². The summed E-state index contributed by atoms with van der Waals surface area (Å²) >= 11 is 6.05. The lowest BCUT2D eigenvalue weighted by Crippen LogP contribution is -2.02. The van der Waals surface area contributed by atoms with E-state index < -0.39 is 0 Å². The normalized spacial score (nSPS) is 15.4. The molecule has 88 valence electrons. The van der Waals surface area contributed by atoms with Crippen LogP contribution in [0.5, 0.6) is 0 Å². The van der Waals surface area contributed by atoms with E-state index in [9.17, 15) is 0 Å². The second-order valence-corrected chi connectivity index (χ2v) is 4.97. The maximum atomic E-state index is 6.05. The van der Waals surface area contributed by atoms with Gasteiger partial charge in [0.25, 0.3) is 0 Å². The highest BCUT2D eigenvalue weighted by Crippen LogP contribution is 2.26. The van der Waals surface area contributed by atoms with E-state index in [-0.39, 0.29) is 0 Å². The van der Waals surface area contributed by atoms with Crippen molar-refractivity contribution in [3.63, 3.8) is 0 Å². The van der Waals surface area contributed by atoms with Crippen LogP contribution < -0.4 is 0 Å². The summed E-state index contributed by atoms with van der Waals surface area (Å²) in [6.45, 7) is 1.08. The molecule has 1 aliphatic heterocycles. The van der Waals surface area contributed by atoms with Gasteiger partial charge >= 0.3 is 0 Å². The Kier molecular flexibility index (Phi) is 2.89. The van der Waals surface area contributed by atoms with Gasteiger partial charge in [-0.2, -0.15) is 0 Å². The first kappa shape index (κ1) is 10.8. The quantitative estimate of drug-likeness (QED) is 0.746. The molecule has 3 rings (SSSR count). The fourth-order valence-electron chi connectivity index (χ4n) is 2.47. The Bertz CT molecular complexity index is 531. The monoisotopic (exact) mass is 246 g/mol. The predicted octanol–water partition coefficient (Wildman–Crippen LogP) is 3.93. The first-order valence-electron chi connectivity index (χ1n) is 6.15. The van der Waals surface area contributed by atoms with E-state index in [2.05, 4.69) is 15.6 Å². The summed E-state index contributed by atoms with van der Waals surface area (Å²) in [4.78, 5) is 4.54. The number of nitrogens with zero attached hydrogens (tertiary/aromatic N) is 2. The smallest absolute Gasteiger partial charge is 0.109 e. The molecule has 1 aliphatic rings. The molecule has 2 nitrogen and oxygen atoms in total. The Balaban J connectivity index is 2.06. The molecule has 0 spiro atoms. The summed E-state index contributed by atoms with van der Waals surface area (Å²) in [5.74, 6) is 1.22. The van der Waals surface area contributed by atoms with Crippen LogP contribution in [0, 0.1) is 0 Å². The lowest BCUT2D eigenvalue weighted by atomic mass is 10.1. The molecule has 0 aliphatic carbocycles. The minimum atomic E-state index is 0.784. The molecule has 2 aromatic rings. The number of benzene rings is 1. The first-order valence-corrected chi connectivity index (χ1v) is 6.53. The first-order chi connectivity index (χ1) is 8.34. The molecule has 1 aromatic carbocycles. The topological polar surface area (TPSA) is 17.8 Å². The molecule has 0 unspecified atom stereocenters. The molecule has 0 bridgehead atoms. The Morgan fingerprint density at radius 1 is 1.18 bits per heavy atom. The zero-order valence-corrected chi connectivity index (χ0v) is 10.5. The van der Waals surface area contributed by atoms with Crippen molar-refractivity contribution in [1.29, 1.82) is 0 Å². The second-order valence-electron chi connectivity index (χ2n) is 4.53. The van der Waals surface area contributed by atoms with Crippen LogP contribution in [0.1, 0.15) is 25.1 Å². The van der Waals surface area contributed by atoms with E-state index in [1.165, 1.54) is 30.8 Å². The Labute approximate surface area is 106 Å². The van der Waals surface area contributed by atoms with Gasteiger partial charge in [0.05, 0.1) is 11.9 Å². The van der Waals surface area contributed by atoms with E-state index in [0.29, 0.717) is 0 Å². The predicted molar refractivity (Wildman–Crippen MR) is 70.2 cm³/mol. The minimum Gasteiger partial charge on any atom is -0.328 e. The second kappa shape index (κ2) is 4.53. The molecule has 0 atom stereocenters. The van der Waals surface area contributed by atoms with E-state index in [1.54, 1.807) is 0 Å². The van der Waals surface area contributed by atoms with Crippen molar-refractivity contribution < 1.29 is 0 Å². The van der Waals surface area contributed by atoms with Gasteiger partial charge in [-0.1, -0.05) is 30.2 Å². The summed E-state index contributed by atoms with van der Waals surface area (Å²) in [5.41, 5.74) is 2.36. The summed E-state index contributed by atoms with van der Waals surface area (Å²) in [5, 5.41) is 0.784. The van der Waals surface area contributed by atoms with E-state index in [1.807, 2.05) is 24.4 Å². The molecule has 0 amide bonds. The van der Waals surface area contributed by atoms with Crippen LogP contribution in [0.2, 0.25) is 5.02 Å². The number of aromatic nitrogens is 2. The van der Waals surface area contributed by atoms with Crippen molar-refractivity contribution in [2.75, 3.05) is 0 Å². The van der Waals surface area contributed by atoms with Crippen LogP contribution in [0.3, 0.4) is 0 Å². The third-order valence-corrected chi connectivity index (χ3v) is 3.58. The van der Waals surface area contributed by atoms with Crippen LogP contribution in [-0.4, -0.2) is 9.55 Å². The lowest BCUT2D eigenvalue weighted by Gasteiger charge is -2.09. The summed E-state index contributed by atoms with van der Waals surface area (Å²) in [7, 11) is 0. The number of halogens is 1. The maximum absolute atomic E-state index is 6.05. The highest BCUT2D eigenvalue weighted by atomic mass is 35.5. The third-order valence-electron chi connectivity index (χ3n) is 3.34. The highest BCUT2D eigenvalue weighted by molar-refractivity contribution is 6.30. The number of rotatable bonds is 1. The average Bonchev–Trinajstić information content (AvgIpc) is 2.59. The molecule has 2 heterocycles. The summed E-state index contributed by atoms with van der Waals surface area (Å²) in [6.07, 6.45) is 6.88. The third kappa shape index (κ3) is 2.09. The van der Waals surface area contributed by atoms with E-state index in [4.69, 9.17) is 11.6 Å². The number of hydrogen-bond donors (Lipinski definition) is 0. The summed E-state index contributed by atoms with van der Waals surface area (Å²) in [6, 6.07) is 8.01. The molecule has 0 fully saturated rings. The molecule has 3 heteroatoms. The fourth-order valence-corrected chi connectivity index (χ4v) is 2.66. The van der Waals surface area contributed by atoms with Gasteiger partial charge in [-0.3, -0.25) is 0 Å². The number of aryl methyl sites for hydroxylation is 1. The van der Waals surface area contributed by atoms with Crippen molar-refractivity contribution in [3.05, 3.63) is 41.3 Å². The van der Waals surface area contributed by atoms with Gasteiger partial charge in [0.1, 0.15) is 5.82 Å². The molecular weight excluding hydrogens is 232 g/mol. The maximum Gasteiger partial charge on any atom is 0.109 e. The van der Waals surface area contributed by atoms with Crippen LogP contribution in [-0.2, 0) is 13.0 Å². The zero-order valence-electron chi connectivity index (χ0n) is 9.69. The van der Waals surface area contributed by atoms with Crippen LogP contribution >= 0.6 is 11.6 Å².